The molecule has 0 atom stereocenters. The van der Waals surface area contributed by atoms with Crippen LogP contribution in [0.2, 0.25) is 0 Å². The predicted octanol–water partition coefficient (Wildman–Crippen LogP) is 2.94. The Kier molecular flexibility index (Phi) is 4.71. The Morgan fingerprint density at radius 3 is 2.96 bits per heavy atom. The number of fused-ring (bicyclic) bond motifs is 1. The lowest BCUT2D eigenvalue weighted by molar-refractivity contribution is 0.0954. The van der Waals surface area contributed by atoms with Crippen LogP contribution in [0.3, 0.4) is 0 Å². The van der Waals surface area contributed by atoms with Gasteiger partial charge in [-0.1, -0.05) is 23.8 Å². The molecule has 6 nitrogen and oxygen atoms in total. The summed E-state index contributed by atoms with van der Waals surface area (Å²) in [6.07, 6.45) is 5.47. The average Bonchev–Trinajstić information content (AvgIpc) is 3.31. The van der Waals surface area contributed by atoms with Crippen LogP contribution < -0.4 is 5.32 Å². The third-order valence-corrected chi connectivity index (χ3v) is 5.01. The highest BCUT2D eigenvalue weighted by atomic mass is 16.1. The molecular weight excluding hydrogens is 338 g/mol. The number of nitrogens with zero attached hydrogens (tertiary/aromatic N) is 3. The van der Waals surface area contributed by atoms with E-state index in [1.54, 1.807) is 6.20 Å². The topological polar surface area (TPSA) is 83.6 Å². The van der Waals surface area contributed by atoms with Crippen molar-refractivity contribution in [1.82, 2.24) is 25.5 Å². The molecule has 1 aliphatic rings. The van der Waals surface area contributed by atoms with E-state index in [0.717, 1.165) is 47.6 Å². The Labute approximate surface area is 158 Å². The first-order chi connectivity index (χ1) is 13.1. The summed E-state index contributed by atoms with van der Waals surface area (Å²) in [5.41, 5.74) is 6.94. The van der Waals surface area contributed by atoms with Crippen molar-refractivity contribution in [1.29, 1.82) is 0 Å². The van der Waals surface area contributed by atoms with Crippen LogP contribution in [0.15, 0.2) is 30.5 Å². The summed E-state index contributed by atoms with van der Waals surface area (Å²) < 4.78 is 0. The number of aryl methyl sites for hydroxylation is 3. The van der Waals surface area contributed by atoms with E-state index in [1.165, 1.54) is 11.3 Å². The number of hydrogen-bond acceptors (Lipinski definition) is 4. The maximum absolute atomic E-state index is 12.6. The third kappa shape index (κ3) is 3.60. The molecule has 138 valence electrons. The quantitative estimate of drug-likeness (QED) is 0.732. The van der Waals surface area contributed by atoms with Crippen LogP contribution in [0.1, 0.15) is 45.1 Å². The number of amides is 1. The molecule has 2 N–H and O–H groups in total. The molecule has 0 saturated carbocycles. The highest BCUT2D eigenvalue weighted by Gasteiger charge is 2.18. The van der Waals surface area contributed by atoms with Crippen molar-refractivity contribution in [3.05, 3.63) is 64.4 Å². The van der Waals surface area contributed by atoms with Crippen LogP contribution in [-0.4, -0.2) is 32.6 Å². The monoisotopic (exact) mass is 361 g/mol. The second-order valence-electron chi connectivity index (χ2n) is 7.04. The van der Waals surface area contributed by atoms with Gasteiger partial charge in [0.1, 0.15) is 5.82 Å². The molecule has 0 saturated heterocycles. The van der Waals surface area contributed by atoms with E-state index < -0.39 is 0 Å². The second kappa shape index (κ2) is 7.31. The standard InChI is InChI=1S/C21H23N5O/c1-13-5-3-6-15(11-13)20-17(12-23-26-20)21(27)22-10-9-19-24-14(2)16-7-4-8-18(16)25-19/h3,5-6,11-12H,4,7-10H2,1-2H3,(H,22,27)(H,23,26). The summed E-state index contributed by atoms with van der Waals surface area (Å²) in [6.45, 7) is 4.57. The molecule has 0 radical (unpaired) electrons. The molecule has 0 unspecified atom stereocenters. The highest BCUT2D eigenvalue weighted by molar-refractivity contribution is 5.99. The van der Waals surface area contributed by atoms with Gasteiger partial charge in [0, 0.05) is 29.9 Å². The van der Waals surface area contributed by atoms with Crippen molar-refractivity contribution in [3.63, 3.8) is 0 Å². The molecule has 2 heterocycles. The molecule has 1 amide bonds. The van der Waals surface area contributed by atoms with Crippen molar-refractivity contribution in [3.8, 4) is 11.3 Å². The predicted molar refractivity (Wildman–Crippen MR) is 104 cm³/mol. The van der Waals surface area contributed by atoms with Gasteiger partial charge in [0.2, 0.25) is 0 Å². The highest BCUT2D eigenvalue weighted by Crippen LogP contribution is 2.23. The maximum Gasteiger partial charge on any atom is 0.255 e. The minimum absolute atomic E-state index is 0.141. The Hall–Kier alpha value is -3.02. The number of benzene rings is 1. The molecule has 3 aromatic rings. The summed E-state index contributed by atoms with van der Waals surface area (Å²) >= 11 is 0. The summed E-state index contributed by atoms with van der Waals surface area (Å²) in [7, 11) is 0. The summed E-state index contributed by atoms with van der Waals surface area (Å²) in [5, 5.41) is 9.96. The van der Waals surface area contributed by atoms with Crippen LogP contribution in [-0.2, 0) is 19.3 Å². The van der Waals surface area contributed by atoms with Crippen LogP contribution >= 0.6 is 0 Å². The largest absolute Gasteiger partial charge is 0.351 e. The number of carbonyl (C=O) groups excluding carboxylic acids is 1. The van der Waals surface area contributed by atoms with Crippen LogP contribution in [0.25, 0.3) is 11.3 Å². The minimum Gasteiger partial charge on any atom is -0.351 e. The van der Waals surface area contributed by atoms with Crippen molar-refractivity contribution < 1.29 is 4.79 Å². The first-order valence-electron chi connectivity index (χ1n) is 9.35. The van der Waals surface area contributed by atoms with Crippen LogP contribution in [0, 0.1) is 13.8 Å². The Balaban J connectivity index is 1.42. The molecule has 0 spiro atoms. The van der Waals surface area contributed by atoms with E-state index in [2.05, 4.69) is 25.5 Å². The fourth-order valence-electron chi connectivity index (χ4n) is 3.66. The third-order valence-electron chi connectivity index (χ3n) is 5.01. The van der Waals surface area contributed by atoms with E-state index in [-0.39, 0.29) is 5.91 Å². The fourth-order valence-corrected chi connectivity index (χ4v) is 3.66. The Bertz CT molecular complexity index is 992. The molecular formula is C21H23N5O. The van der Waals surface area contributed by atoms with Gasteiger partial charge in [-0.25, -0.2) is 9.97 Å². The summed E-state index contributed by atoms with van der Waals surface area (Å²) in [6, 6.07) is 8.00. The van der Waals surface area contributed by atoms with Gasteiger partial charge in [0.05, 0.1) is 17.5 Å². The number of rotatable bonds is 5. The number of nitrogens with one attached hydrogen (secondary N) is 2. The van der Waals surface area contributed by atoms with Crippen molar-refractivity contribution in [2.75, 3.05) is 6.54 Å². The van der Waals surface area contributed by atoms with Gasteiger partial charge < -0.3 is 5.32 Å². The molecule has 0 aliphatic heterocycles. The average molecular weight is 361 g/mol. The summed E-state index contributed by atoms with van der Waals surface area (Å²) in [5.74, 6) is 0.665. The first-order valence-corrected chi connectivity index (χ1v) is 9.35. The van der Waals surface area contributed by atoms with E-state index in [0.29, 0.717) is 18.5 Å². The van der Waals surface area contributed by atoms with Gasteiger partial charge >= 0.3 is 0 Å². The van der Waals surface area contributed by atoms with Gasteiger partial charge in [-0.15, -0.1) is 0 Å². The SMILES string of the molecule is Cc1cccc(-c2[nH]ncc2C(=O)NCCc2nc(C)c3c(n2)CCC3)c1. The van der Waals surface area contributed by atoms with E-state index in [1.807, 2.05) is 38.1 Å². The fraction of sp³-hybridized carbons (Fsp3) is 0.333. The molecule has 1 aromatic carbocycles. The van der Waals surface area contributed by atoms with E-state index >= 15 is 0 Å². The van der Waals surface area contributed by atoms with Crippen molar-refractivity contribution in [2.24, 2.45) is 0 Å². The Morgan fingerprint density at radius 1 is 1.22 bits per heavy atom. The number of carbonyl (C=O) groups is 1. The zero-order valence-corrected chi connectivity index (χ0v) is 15.7. The maximum atomic E-state index is 12.6. The van der Waals surface area contributed by atoms with Gasteiger partial charge in [-0.2, -0.15) is 5.10 Å². The van der Waals surface area contributed by atoms with E-state index in [4.69, 9.17) is 0 Å². The molecule has 0 fully saturated rings. The minimum atomic E-state index is -0.141. The van der Waals surface area contributed by atoms with Gasteiger partial charge in [0.25, 0.3) is 5.91 Å². The number of aromatic amines is 1. The summed E-state index contributed by atoms with van der Waals surface area (Å²) in [4.78, 5) is 21.9. The van der Waals surface area contributed by atoms with Gasteiger partial charge in [-0.3, -0.25) is 9.89 Å². The van der Waals surface area contributed by atoms with Crippen LogP contribution in [0.4, 0.5) is 0 Å². The molecule has 0 bridgehead atoms. The lowest BCUT2D eigenvalue weighted by Crippen LogP contribution is -2.26. The first kappa shape index (κ1) is 17.4. The molecule has 6 heteroatoms. The number of H-pyrrole nitrogens is 1. The lowest BCUT2D eigenvalue weighted by atomic mass is 10.1. The van der Waals surface area contributed by atoms with E-state index in [9.17, 15) is 4.79 Å². The molecule has 27 heavy (non-hydrogen) atoms. The van der Waals surface area contributed by atoms with Crippen molar-refractivity contribution in [2.45, 2.75) is 39.5 Å². The van der Waals surface area contributed by atoms with Gasteiger partial charge in [-0.05, 0) is 44.7 Å². The smallest absolute Gasteiger partial charge is 0.255 e. The molecule has 1 aliphatic carbocycles. The van der Waals surface area contributed by atoms with Crippen molar-refractivity contribution >= 4 is 5.91 Å². The zero-order valence-electron chi connectivity index (χ0n) is 15.7. The molecule has 4 rings (SSSR count). The molecule has 2 aromatic heterocycles. The zero-order chi connectivity index (χ0) is 18.8. The van der Waals surface area contributed by atoms with Gasteiger partial charge in [0.15, 0.2) is 0 Å². The normalized spacial score (nSPS) is 12.8. The number of aromatic nitrogens is 4. The van der Waals surface area contributed by atoms with Crippen LogP contribution in [0.5, 0.6) is 0 Å². The Morgan fingerprint density at radius 2 is 2.11 bits per heavy atom. The number of hydrogen-bond donors (Lipinski definition) is 2. The second-order valence-corrected chi connectivity index (χ2v) is 7.04. The lowest BCUT2D eigenvalue weighted by Gasteiger charge is -2.08.